The summed E-state index contributed by atoms with van der Waals surface area (Å²) in [5, 5.41) is 19.8. The molecule has 9 amide bonds. The maximum atomic E-state index is 12.9. The molecule has 28 nitrogen and oxygen atoms in total. The van der Waals surface area contributed by atoms with E-state index in [9.17, 15) is 54.0 Å². The second-order valence-electron chi connectivity index (χ2n) is 26.9. The van der Waals surface area contributed by atoms with Gasteiger partial charge in [0.15, 0.2) is 15.1 Å². The van der Waals surface area contributed by atoms with Crippen LogP contribution in [0.15, 0.2) is 57.7 Å². The summed E-state index contributed by atoms with van der Waals surface area (Å²) >= 11 is 0. The van der Waals surface area contributed by atoms with Crippen LogP contribution in [0.5, 0.6) is 0 Å². The van der Waals surface area contributed by atoms with Crippen molar-refractivity contribution < 1.29 is 54.0 Å². The quantitative estimate of drug-likeness (QED) is 0.0692. The van der Waals surface area contributed by atoms with Crippen molar-refractivity contribution in [2.24, 2.45) is 7.05 Å². The lowest BCUT2D eigenvalue weighted by Gasteiger charge is -2.31. The number of amides is 9. The average Bonchev–Trinajstić information content (AvgIpc) is 1.69. The topological polar surface area (TPSA) is 343 Å². The standard InChI is InChI=1S/C24H34N6O4S.C23H29N5O4S.C20H23N5O4S/c1-28(2)12-7-13-29(3)23(31)20-15-21(26-30(20)4)35(33,34)27-24(32)25-22-18-10-5-8-16(18)14-17-9-6-11-19(17)22;1-15(29)27-11-8-18(9-12-27)28-13-10-21(25-28)33(31,32)26-23(30)24-22-19-6-2-4-16(19)14-17-5-3-7-20(17)22;1-24-8-9-25-16(19(24)26)11-17(22-25)30(28,29)23-20(27)21-18-14-6-2-4-12(14)10-13-5-3-7-15(13)18/h14-15H,5-13H2,1-4H3,(H2,25,27,32);10,13-14,18H,2-9,11-12H2,1H3,(H2,24,26,30);10-11H,2-9H2,1H3,(H2,21,23,27). The van der Waals surface area contributed by atoms with Crippen LogP contribution in [0.1, 0.15) is 158 Å². The molecule has 6 aromatic rings. The molecule has 0 spiro atoms. The number of nitrogens with zero attached hydrogens (tertiary/aromatic N) is 10. The van der Waals surface area contributed by atoms with Gasteiger partial charge in [-0.1, -0.05) is 18.2 Å². The summed E-state index contributed by atoms with van der Waals surface area (Å²) in [7, 11) is -3.84. The minimum Gasteiger partial charge on any atom is -0.343 e. The molecule has 5 heterocycles. The second-order valence-corrected chi connectivity index (χ2v) is 31.8. The molecule has 14 rings (SSSR count). The lowest BCUT2D eigenvalue weighted by molar-refractivity contribution is -0.130. The molecule has 0 atom stereocenters. The van der Waals surface area contributed by atoms with E-state index < -0.39 is 48.2 Å². The number of benzene rings is 3. The van der Waals surface area contributed by atoms with Crippen LogP contribution in [0.3, 0.4) is 0 Å². The highest BCUT2D eigenvalue weighted by molar-refractivity contribution is 7.90. The fourth-order valence-electron chi connectivity index (χ4n) is 15.1. The van der Waals surface area contributed by atoms with Gasteiger partial charge in [0.1, 0.15) is 11.4 Å². The van der Waals surface area contributed by atoms with Gasteiger partial charge in [0.25, 0.3) is 41.9 Å². The van der Waals surface area contributed by atoms with Crippen molar-refractivity contribution in [3.05, 3.63) is 121 Å². The number of rotatable bonds is 15. The molecular formula is C67H86N16O12S3. The number of likely N-dealkylation sites (N-methyl/N-ethyl adjacent to an activating group) is 1. The Balaban J connectivity index is 0.000000140. The molecule has 0 saturated carbocycles. The van der Waals surface area contributed by atoms with Crippen molar-refractivity contribution in [3.8, 4) is 0 Å². The summed E-state index contributed by atoms with van der Waals surface area (Å²) in [6.45, 7) is 5.00. The van der Waals surface area contributed by atoms with E-state index in [1.54, 1.807) is 36.8 Å². The van der Waals surface area contributed by atoms with E-state index in [1.807, 2.05) is 19.0 Å². The zero-order chi connectivity index (χ0) is 69.5. The van der Waals surface area contributed by atoms with Gasteiger partial charge < -0.3 is 35.6 Å². The lowest BCUT2D eigenvalue weighted by Crippen LogP contribution is -2.38. The molecule has 1 saturated heterocycles. The van der Waals surface area contributed by atoms with Crippen LogP contribution in [-0.4, -0.2) is 171 Å². The van der Waals surface area contributed by atoms with Gasteiger partial charge in [-0.25, -0.2) is 28.5 Å². The number of aromatic nitrogens is 6. The number of hydrogen-bond acceptors (Lipinski definition) is 16. The molecule has 6 aliphatic carbocycles. The van der Waals surface area contributed by atoms with Crippen molar-refractivity contribution in [1.29, 1.82) is 0 Å². The van der Waals surface area contributed by atoms with Crippen molar-refractivity contribution in [2.75, 3.05) is 76.9 Å². The molecule has 3 aromatic heterocycles. The Morgan fingerprint density at radius 2 is 0.918 bits per heavy atom. The maximum Gasteiger partial charge on any atom is 0.333 e. The van der Waals surface area contributed by atoms with Crippen LogP contribution >= 0.6 is 0 Å². The van der Waals surface area contributed by atoms with Gasteiger partial charge in [0.05, 0.1) is 12.6 Å². The maximum absolute atomic E-state index is 12.9. The molecule has 3 aromatic carbocycles. The minimum absolute atomic E-state index is 0.0212. The first-order valence-electron chi connectivity index (χ1n) is 33.8. The Bertz CT molecular complexity index is 4450. The molecule has 524 valence electrons. The average molecular weight is 1400 g/mol. The van der Waals surface area contributed by atoms with Gasteiger partial charge in [-0.15, -0.1) is 0 Å². The largest absolute Gasteiger partial charge is 0.343 e. The van der Waals surface area contributed by atoms with E-state index >= 15 is 0 Å². The fourth-order valence-corrected chi connectivity index (χ4v) is 17.7. The predicted octanol–water partition coefficient (Wildman–Crippen LogP) is 5.94. The summed E-state index contributed by atoms with van der Waals surface area (Å²) in [4.78, 5) is 81.6. The van der Waals surface area contributed by atoms with Crippen LogP contribution in [0.4, 0.5) is 31.4 Å². The Morgan fingerprint density at radius 3 is 1.33 bits per heavy atom. The van der Waals surface area contributed by atoms with Gasteiger partial charge in [-0.2, -0.15) is 40.5 Å². The number of likely N-dealkylation sites (tertiary alicyclic amines) is 1. The number of aryl methyl sites for hydroxylation is 7. The van der Waals surface area contributed by atoms with Crippen LogP contribution in [0.2, 0.25) is 0 Å². The first-order valence-corrected chi connectivity index (χ1v) is 38.3. The third-order valence-corrected chi connectivity index (χ3v) is 23.6. The highest BCUT2D eigenvalue weighted by atomic mass is 32.2. The predicted molar refractivity (Wildman–Crippen MR) is 365 cm³/mol. The van der Waals surface area contributed by atoms with Crippen molar-refractivity contribution in [1.82, 2.24) is 63.1 Å². The van der Waals surface area contributed by atoms with Crippen molar-refractivity contribution in [3.63, 3.8) is 0 Å². The molecule has 1 fully saturated rings. The van der Waals surface area contributed by atoms with E-state index in [1.165, 1.54) is 77.8 Å². The summed E-state index contributed by atoms with van der Waals surface area (Å²) in [5.41, 5.74) is 16.9. The second kappa shape index (κ2) is 28.3. The molecule has 0 unspecified atom stereocenters. The number of carbonyl (C=O) groups excluding carboxylic acids is 6. The molecule has 0 radical (unpaired) electrons. The number of fused-ring (bicyclic) bond motifs is 7. The Kier molecular flexibility index (Phi) is 20.0. The number of nitrogens with one attached hydrogen (secondary N) is 6. The van der Waals surface area contributed by atoms with E-state index in [0.29, 0.717) is 45.6 Å². The fraction of sp³-hybridized carbons (Fsp3) is 0.507. The zero-order valence-corrected chi connectivity index (χ0v) is 58.8. The summed E-state index contributed by atoms with van der Waals surface area (Å²) in [5.74, 6) is -0.586. The molecule has 2 aliphatic heterocycles. The Morgan fingerprint density at radius 1 is 0.510 bits per heavy atom. The zero-order valence-electron chi connectivity index (χ0n) is 56.3. The molecule has 8 aliphatic rings. The molecular weight excluding hydrogens is 1320 g/mol. The Labute approximate surface area is 571 Å². The molecule has 6 N–H and O–H groups in total. The number of hydrogen-bond donors (Lipinski definition) is 6. The summed E-state index contributed by atoms with van der Waals surface area (Å²) < 4.78 is 87.5. The number of urea groups is 3. The third-order valence-electron chi connectivity index (χ3n) is 20.0. The highest BCUT2D eigenvalue weighted by Crippen LogP contribution is 2.42. The van der Waals surface area contributed by atoms with Gasteiger partial charge in [0, 0.05) is 89.6 Å². The molecule has 31 heteroatoms. The van der Waals surface area contributed by atoms with E-state index in [2.05, 4.69) is 63.6 Å². The van der Waals surface area contributed by atoms with Crippen molar-refractivity contribution >= 4 is 82.9 Å². The van der Waals surface area contributed by atoms with Crippen LogP contribution in [0, 0.1) is 0 Å². The minimum atomic E-state index is -4.27. The molecule has 0 bridgehead atoms. The van der Waals surface area contributed by atoms with Gasteiger partial charge >= 0.3 is 18.1 Å². The van der Waals surface area contributed by atoms with E-state index in [-0.39, 0.29) is 50.2 Å². The third kappa shape index (κ3) is 14.7. The van der Waals surface area contributed by atoms with E-state index in [0.717, 1.165) is 179 Å². The van der Waals surface area contributed by atoms with Crippen LogP contribution < -0.4 is 30.1 Å². The van der Waals surface area contributed by atoms with Gasteiger partial charge in [-0.05, 0) is 228 Å². The van der Waals surface area contributed by atoms with Gasteiger partial charge in [-0.3, -0.25) is 28.4 Å². The van der Waals surface area contributed by atoms with Crippen LogP contribution in [0.25, 0.3) is 0 Å². The Hall–Kier alpha value is -8.68. The van der Waals surface area contributed by atoms with Crippen LogP contribution in [-0.2, 0) is 126 Å². The molecule has 98 heavy (non-hydrogen) atoms. The SMILES string of the molecule is CC(=O)N1CCC(n2ccc(S(=O)(=O)NC(=O)Nc3c4c(cc5c3CCC5)CCC4)n2)CC1.CN(C)CCCN(C)C(=O)c1cc(S(=O)(=O)NC(=O)Nc2c3c(cc4c2CCC4)CCC3)nn1C.CN1CCn2nc(S(=O)(=O)NC(=O)Nc3c4c(cc5c3CCC5)CCC4)cc2C1=O. The highest BCUT2D eigenvalue weighted by Gasteiger charge is 2.34. The summed E-state index contributed by atoms with van der Waals surface area (Å²) in [6, 6.07) is 8.22. The number of carbonyl (C=O) groups is 6. The van der Waals surface area contributed by atoms with Crippen molar-refractivity contribution in [2.45, 2.75) is 169 Å². The van der Waals surface area contributed by atoms with Gasteiger partial charge in [0.2, 0.25) is 5.91 Å². The normalized spacial score (nSPS) is 16.7. The first-order chi connectivity index (χ1) is 46.7. The monoisotopic (exact) mass is 1400 g/mol. The number of sulfonamides is 3. The summed E-state index contributed by atoms with van der Waals surface area (Å²) in [6.07, 6.45) is 21.3. The lowest BCUT2D eigenvalue weighted by atomic mass is 9.99. The van der Waals surface area contributed by atoms with E-state index in [4.69, 9.17) is 0 Å². The number of piperidine rings is 1. The first kappa shape index (κ1) is 69.2. The number of anilines is 3. The smallest absolute Gasteiger partial charge is 0.333 e.